The van der Waals surface area contributed by atoms with Crippen molar-refractivity contribution in [2.75, 3.05) is 48.9 Å². The molecule has 1 saturated heterocycles. The van der Waals surface area contributed by atoms with Crippen molar-refractivity contribution in [3.63, 3.8) is 0 Å². The minimum Gasteiger partial charge on any atom is -0.494 e. The third-order valence-corrected chi connectivity index (χ3v) is 6.34. The largest absolute Gasteiger partial charge is 0.494 e. The zero-order valence-corrected chi connectivity index (χ0v) is 21.1. The van der Waals surface area contributed by atoms with Crippen molar-refractivity contribution in [2.24, 2.45) is 0 Å². The molecule has 8 nitrogen and oxygen atoms in total. The van der Waals surface area contributed by atoms with E-state index in [1.807, 2.05) is 54.6 Å². The van der Waals surface area contributed by atoms with Crippen LogP contribution in [0, 0.1) is 0 Å². The number of rotatable bonds is 7. The average molecular weight is 516 g/mol. The van der Waals surface area contributed by atoms with Crippen molar-refractivity contribution in [1.82, 2.24) is 9.97 Å². The maximum Gasteiger partial charge on any atom is 0.247 e. The molecule has 0 atom stereocenters. The first-order valence-electron chi connectivity index (χ1n) is 11.8. The van der Waals surface area contributed by atoms with Gasteiger partial charge >= 0.3 is 0 Å². The van der Waals surface area contributed by atoms with Gasteiger partial charge in [-0.05, 0) is 29.8 Å². The summed E-state index contributed by atoms with van der Waals surface area (Å²) < 4.78 is 11.2. The summed E-state index contributed by atoms with van der Waals surface area (Å²) in [4.78, 5) is 23.7. The Kier molecular flexibility index (Phi) is 7.20. The molecular formula is C28H26ClN5O3. The number of halogens is 1. The van der Waals surface area contributed by atoms with Crippen LogP contribution in [0.5, 0.6) is 5.75 Å². The minimum absolute atomic E-state index is 0.307. The van der Waals surface area contributed by atoms with E-state index in [9.17, 15) is 4.79 Å². The summed E-state index contributed by atoms with van der Waals surface area (Å²) in [6, 6.07) is 17.3. The van der Waals surface area contributed by atoms with Crippen LogP contribution in [0.2, 0.25) is 5.02 Å². The Morgan fingerprint density at radius 3 is 2.70 bits per heavy atom. The second-order valence-electron chi connectivity index (χ2n) is 8.43. The molecule has 188 valence electrons. The molecule has 1 aromatic heterocycles. The summed E-state index contributed by atoms with van der Waals surface area (Å²) in [7, 11) is 1.60. The van der Waals surface area contributed by atoms with Crippen LogP contribution in [0.3, 0.4) is 0 Å². The fourth-order valence-electron chi connectivity index (χ4n) is 4.31. The topological polar surface area (TPSA) is 88.6 Å². The number of aromatic nitrogens is 2. The lowest BCUT2D eigenvalue weighted by molar-refractivity contribution is -0.111. The molecule has 0 radical (unpaired) electrons. The average Bonchev–Trinajstić information content (AvgIpc) is 2.93. The van der Waals surface area contributed by atoms with Crippen molar-refractivity contribution >= 4 is 51.4 Å². The minimum atomic E-state index is -0.307. The van der Waals surface area contributed by atoms with Crippen molar-refractivity contribution in [2.45, 2.75) is 0 Å². The van der Waals surface area contributed by atoms with Gasteiger partial charge in [-0.2, -0.15) is 0 Å². The molecule has 37 heavy (non-hydrogen) atoms. The van der Waals surface area contributed by atoms with Gasteiger partial charge in [-0.3, -0.25) is 4.79 Å². The monoisotopic (exact) mass is 515 g/mol. The van der Waals surface area contributed by atoms with E-state index in [1.165, 1.54) is 6.08 Å². The highest BCUT2D eigenvalue weighted by Gasteiger charge is 2.20. The van der Waals surface area contributed by atoms with Crippen molar-refractivity contribution in [3.05, 3.63) is 78.5 Å². The van der Waals surface area contributed by atoms with E-state index in [-0.39, 0.29) is 5.91 Å². The van der Waals surface area contributed by atoms with Crippen LogP contribution in [0.15, 0.2) is 73.4 Å². The number of para-hydroxylation sites is 1. The maximum atomic E-state index is 12.2. The number of anilines is 4. The highest BCUT2D eigenvalue weighted by Crippen LogP contribution is 2.39. The smallest absolute Gasteiger partial charge is 0.247 e. The molecule has 0 spiro atoms. The van der Waals surface area contributed by atoms with Crippen LogP contribution in [0.25, 0.3) is 22.0 Å². The molecular weight excluding hydrogens is 490 g/mol. The first-order chi connectivity index (χ1) is 18.1. The molecule has 2 N–H and O–H groups in total. The van der Waals surface area contributed by atoms with Gasteiger partial charge in [0.2, 0.25) is 11.9 Å². The number of hydrogen-bond acceptors (Lipinski definition) is 7. The van der Waals surface area contributed by atoms with Crippen molar-refractivity contribution < 1.29 is 14.3 Å². The molecule has 0 saturated carbocycles. The van der Waals surface area contributed by atoms with Crippen LogP contribution >= 0.6 is 11.6 Å². The summed E-state index contributed by atoms with van der Waals surface area (Å²) >= 11 is 6.24. The second kappa shape index (κ2) is 10.9. The lowest BCUT2D eigenvalue weighted by atomic mass is 10.0. The normalized spacial score (nSPS) is 13.3. The van der Waals surface area contributed by atoms with Gasteiger partial charge in [0.05, 0.1) is 42.9 Å². The molecule has 1 aliphatic rings. The Hall–Kier alpha value is -4.14. The molecule has 1 fully saturated rings. The number of fused-ring (bicyclic) bond motifs is 1. The van der Waals surface area contributed by atoms with Gasteiger partial charge in [-0.1, -0.05) is 48.5 Å². The van der Waals surface area contributed by atoms with E-state index in [2.05, 4.69) is 27.1 Å². The van der Waals surface area contributed by atoms with E-state index in [4.69, 9.17) is 26.1 Å². The Morgan fingerprint density at radius 1 is 1.14 bits per heavy atom. The Morgan fingerprint density at radius 2 is 1.95 bits per heavy atom. The highest BCUT2D eigenvalue weighted by atomic mass is 35.5. The Labute approximate surface area is 219 Å². The van der Waals surface area contributed by atoms with E-state index in [0.29, 0.717) is 54.4 Å². The number of methoxy groups -OCH3 is 1. The molecule has 0 unspecified atom stereocenters. The predicted molar refractivity (Wildman–Crippen MR) is 148 cm³/mol. The van der Waals surface area contributed by atoms with Crippen LogP contribution in [-0.2, 0) is 9.53 Å². The number of nitrogens with one attached hydrogen (secondary N) is 2. The van der Waals surface area contributed by atoms with E-state index < -0.39 is 0 Å². The number of hydrogen-bond donors (Lipinski definition) is 2. The standard InChI is InChI=1S/C28H26ClN5O3/c1-3-26(35)31-22-15-23(25(36-2)16-24(22)34-10-12-37-13-11-34)32-28-30-17-19-7-5-9-21(27(19)33-28)18-6-4-8-20(29)14-18/h3-9,14-17H,1,10-13H2,2H3,(H,31,35)(H,30,32,33). The SMILES string of the molecule is C=CC(=O)Nc1cc(Nc2ncc3cccc(-c4cccc(Cl)c4)c3n2)c(OC)cc1N1CCOCC1. The molecule has 2 heterocycles. The van der Waals surface area contributed by atoms with Gasteiger partial charge in [0.25, 0.3) is 0 Å². The molecule has 0 aliphatic carbocycles. The fraction of sp³-hybridized carbons (Fsp3) is 0.179. The number of carbonyl (C=O) groups excluding carboxylic acids is 1. The van der Waals surface area contributed by atoms with Gasteiger partial charge in [0.1, 0.15) is 5.75 Å². The third kappa shape index (κ3) is 5.35. The number of carbonyl (C=O) groups is 1. The Balaban J connectivity index is 1.55. The fourth-order valence-corrected chi connectivity index (χ4v) is 4.50. The van der Waals surface area contributed by atoms with Crippen molar-refractivity contribution in [3.8, 4) is 16.9 Å². The van der Waals surface area contributed by atoms with Gasteiger partial charge in [0, 0.05) is 41.3 Å². The number of morpholine rings is 1. The molecule has 1 aliphatic heterocycles. The maximum absolute atomic E-state index is 12.2. The van der Waals surface area contributed by atoms with Crippen molar-refractivity contribution in [1.29, 1.82) is 0 Å². The summed E-state index contributed by atoms with van der Waals surface area (Å²) in [6.07, 6.45) is 3.01. The summed E-state index contributed by atoms with van der Waals surface area (Å²) in [5, 5.41) is 7.74. The number of benzene rings is 3. The molecule has 1 amide bonds. The number of nitrogens with zero attached hydrogens (tertiary/aromatic N) is 3. The number of ether oxygens (including phenoxy) is 2. The lowest BCUT2D eigenvalue weighted by Crippen LogP contribution is -2.36. The molecule has 9 heteroatoms. The molecule has 3 aromatic carbocycles. The van der Waals surface area contributed by atoms with E-state index >= 15 is 0 Å². The third-order valence-electron chi connectivity index (χ3n) is 6.11. The second-order valence-corrected chi connectivity index (χ2v) is 8.87. The molecule has 0 bridgehead atoms. The lowest BCUT2D eigenvalue weighted by Gasteiger charge is -2.31. The van der Waals surface area contributed by atoms with Gasteiger partial charge < -0.3 is 25.0 Å². The summed E-state index contributed by atoms with van der Waals surface area (Å²) in [6.45, 7) is 6.20. The first kappa shape index (κ1) is 24.5. The van der Waals surface area contributed by atoms with Crippen LogP contribution in [-0.4, -0.2) is 49.3 Å². The number of amides is 1. The first-order valence-corrected chi connectivity index (χ1v) is 12.2. The summed E-state index contributed by atoms with van der Waals surface area (Å²) in [5.41, 5.74) is 4.76. The Bertz CT molecular complexity index is 1470. The quantitative estimate of drug-likeness (QED) is 0.307. The van der Waals surface area contributed by atoms with Gasteiger partial charge in [-0.15, -0.1) is 0 Å². The molecule has 4 aromatic rings. The van der Waals surface area contributed by atoms with E-state index in [1.54, 1.807) is 13.3 Å². The summed E-state index contributed by atoms with van der Waals surface area (Å²) in [5.74, 6) is 0.670. The van der Waals surface area contributed by atoms with Gasteiger partial charge in [0.15, 0.2) is 0 Å². The van der Waals surface area contributed by atoms with Crippen LogP contribution in [0.1, 0.15) is 0 Å². The van der Waals surface area contributed by atoms with E-state index in [0.717, 1.165) is 27.7 Å². The molecule has 5 rings (SSSR count). The van der Waals surface area contributed by atoms with Crippen LogP contribution in [0.4, 0.5) is 23.0 Å². The van der Waals surface area contributed by atoms with Gasteiger partial charge in [-0.25, -0.2) is 9.97 Å². The predicted octanol–water partition coefficient (Wildman–Crippen LogP) is 5.66. The van der Waals surface area contributed by atoms with Crippen LogP contribution < -0.4 is 20.3 Å². The highest BCUT2D eigenvalue weighted by molar-refractivity contribution is 6.30. The zero-order valence-electron chi connectivity index (χ0n) is 20.3. The zero-order chi connectivity index (χ0) is 25.8.